The summed E-state index contributed by atoms with van der Waals surface area (Å²) >= 11 is 0. The largest absolute Gasteiger partial charge is 0.383 e. The van der Waals surface area contributed by atoms with Crippen molar-refractivity contribution in [2.45, 2.75) is 26.7 Å². The van der Waals surface area contributed by atoms with Crippen LogP contribution in [0.1, 0.15) is 25.3 Å². The molecule has 8 nitrogen and oxygen atoms in total. The molecular formula is C24H24N6O2. The lowest BCUT2D eigenvalue weighted by atomic mass is 10.0. The number of carbonyl (C=O) groups is 2. The Balaban J connectivity index is 1.39. The van der Waals surface area contributed by atoms with Crippen LogP contribution in [0.2, 0.25) is 0 Å². The van der Waals surface area contributed by atoms with Crippen LogP contribution in [0.5, 0.6) is 0 Å². The van der Waals surface area contributed by atoms with Crippen molar-refractivity contribution >= 4 is 34.2 Å². The van der Waals surface area contributed by atoms with E-state index in [0.717, 1.165) is 46.0 Å². The molecule has 2 fully saturated rings. The lowest BCUT2D eigenvalue weighted by molar-refractivity contribution is -0.119. The van der Waals surface area contributed by atoms with Gasteiger partial charge in [0, 0.05) is 41.0 Å². The average molecular weight is 428 g/mol. The third-order valence-corrected chi connectivity index (χ3v) is 6.80. The van der Waals surface area contributed by atoms with Gasteiger partial charge in [0.25, 0.3) is 5.91 Å². The molecule has 2 aliphatic carbocycles. The fourth-order valence-corrected chi connectivity index (χ4v) is 4.87. The third-order valence-electron chi connectivity index (χ3n) is 6.80. The number of hydrogen-bond donors (Lipinski definition) is 3. The first kappa shape index (κ1) is 20.1. The Hall–Kier alpha value is -3.81. The molecular weight excluding hydrogens is 404 g/mol. The highest BCUT2D eigenvalue weighted by Crippen LogP contribution is 2.59. The summed E-state index contributed by atoms with van der Waals surface area (Å²) in [6, 6.07) is 5.64. The van der Waals surface area contributed by atoms with Crippen molar-refractivity contribution in [2.75, 3.05) is 11.1 Å². The summed E-state index contributed by atoms with van der Waals surface area (Å²) in [5.74, 6) is 0.986. The van der Waals surface area contributed by atoms with Gasteiger partial charge in [-0.1, -0.05) is 5.57 Å². The second-order valence-corrected chi connectivity index (χ2v) is 8.72. The van der Waals surface area contributed by atoms with Crippen LogP contribution in [-0.2, 0) is 9.59 Å². The number of aryl methyl sites for hydroxylation is 1. The normalized spacial score (nSPS) is 23.0. The van der Waals surface area contributed by atoms with Crippen molar-refractivity contribution in [3.05, 3.63) is 53.5 Å². The molecule has 32 heavy (non-hydrogen) atoms. The minimum atomic E-state index is -0.226. The maximum Gasteiger partial charge on any atom is 0.252 e. The summed E-state index contributed by atoms with van der Waals surface area (Å²) in [5.41, 5.74) is 16.0. The van der Waals surface area contributed by atoms with Gasteiger partial charge < -0.3 is 16.8 Å². The Kier molecular flexibility index (Phi) is 4.65. The highest BCUT2D eigenvalue weighted by Gasteiger charge is 2.57. The number of fused-ring (bicyclic) bond motifs is 2. The van der Waals surface area contributed by atoms with Crippen molar-refractivity contribution < 1.29 is 9.59 Å². The molecule has 3 atom stereocenters. The molecule has 5 N–H and O–H groups in total. The molecule has 0 radical (unpaired) electrons. The predicted molar refractivity (Wildman–Crippen MR) is 122 cm³/mol. The van der Waals surface area contributed by atoms with E-state index in [4.69, 9.17) is 11.5 Å². The lowest BCUT2D eigenvalue weighted by Crippen LogP contribution is -2.18. The summed E-state index contributed by atoms with van der Waals surface area (Å²) in [6.45, 7) is 3.81. The van der Waals surface area contributed by atoms with Gasteiger partial charge >= 0.3 is 0 Å². The van der Waals surface area contributed by atoms with Crippen molar-refractivity contribution in [1.82, 2.24) is 15.0 Å². The first-order chi connectivity index (χ1) is 15.3. The van der Waals surface area contributed by atoms with Gasteiger partial charge in [0.15, 0.2) is 0 Å². The second-order valence-electron chi connectivity index (χ2n) is 8.72. The molecule has 0 aliphatic heterocycles. The number of allylic oxidation sites excluding steroid dienone is 1. The van der Waals surface area contributed by atoms with E-state index in [1.807, 2.05) is 26.0 Å². The molecule has 0 saturated heterocycles. The van der Waals surface area contributed by atoms with Crippen molar-refractivity contribution in [3.63, 3.8) is 0 Å². The van der Waals surface area contributed by atoms with E-state index >= 15 is 0 Å². The summed E-state index contributed by atoms with van der Waals surface area (Å²) < 4.78 is 0. The quantitative estimate of drug-likeness (QED) is 0.546. The minimum absolute atomic E-state index is 0.0199. The molecule has 0 aromatic carbocycles. The van der Waals surface area contributed by atoms with Crippen LogP contribution >= 0.6 is 0 Å². The number of anilines is 2. The van der Waals surface area contributed by atoms with Crippen LogP contribution in [0.4, 0.5) is 11.6 Å². The molecule has 0 bridgehead atoms. The maximum atomic E-state index is 12.8. The standard InChI is InChI=1S/C24H24N6O2/c1-11-3-4-27-9-17(11)19-7-14-8-20(28-10-18(14)22(25)29-19)30-24(32)12(2)13-5-15-16(6-13)21(15)23(26)31/h3-4,7-10,15-16,21H,5-6H2,1-2H3,(H2,25,29)(H2,26,31)(H,28,30,32)/t15-,16+,21?. The van der Waals surface area contributed by atoms with Crippen LogP contribution in [-0.4, -0.2) is 26.8 Å². The zero-order valence-electron chi connectivity index (χ0n) is 17.9. The van der Waals surface area contributed by atoms with Crippen LogP contribution < -0.4 is 16.8 Å². The molecule has 3 aromatic rings. The summed E-state index contributed by atoms with van der Waals surface area (Å²) in [5, 5.41) is 4.44. The van der Waals surface area contributed by atoms with Crippen molar-refractivity contribution in [1.29, 1.82) is 0 Å². The van der Waals surface area contributed by atoms with Crippen LogP contribution in [0.25, 0.3) is 22.0 Å². The van der Waals surface area contributed by atoms with Gasteiger partial charge in [-0.25, -0.2) is 9.97 Å². The molecule has 0 spiro atoms. The number of carbonyl (C=O) groups excluding carboxylic acids is 2. The number of pyridine rings is 3. The van der Waals surface area contributed by atoms with E-state index in [9.17, 15) is 9.59 Å². The predicted octanol–water partition coefficient (Wildman–Crippen LogP) is 2.98. The van der Waals surface area contributed by atoms with E-state index in [1.165, 1.54) is 0 Å². The molecule has 3 heterocycles. The summed E-state index contributed by atoms with van der Waals surface area (Å²) in [4.78, 5) is 37.3. The topological polar surface area (TPSA) is 137 Å². The first-order valence-electron chi connectivity index (χ1n) is 10.6. The molecule has 162 valence electrons. The van der Waals surface area contributed by atoms with E-state index in [2.05, 4.69) is 20.3 Å². The number of nitrogen functional groups attached to an aromatic ring is 1. The van der Waals surface area contributed by atoms with Gasteiger partial charge in [-0.2, -0.15) is 0 Å². The summed E-state index contributed by atoms with van der Waals surface area (Å²) in [7, 11) is 0. The highest BCUT2D eigenvalue weighted by atomic mass is 16.2. The molecule has 2 amide bonds. The molecule has 2 aliphatic rings. The zero-order chi connectivity index (χ0) is 22.6. The third kappa shape index (κ3) is 3.37. The van der Waals surface area contributed by atoms with E-state index < -0.39 is 0 Å². The molecule has 5 rings (SSSR count). The number of nitrogens with two attached hydrogens (primary N) is 2. The van der Waals surface area contributed by atoms with E-state index in [1.54, 1.807) is 24.7 Å². The van der Waals surface area contributed by atoms with Gasteiger partial charge in [0.1, 0.15) is 11.6 Å². The number of hydrogen-bond acceptors (Lipinski definition) is 6. The number of aromatic nitrogens is 3. The Bertz CT molecular complexity index is 1300. The van der Waals surface area contributed by atoms with Gasteiger partial charge in [-0.05, 0) is 67.7 Å². The minimum Gasteiger partial charge on any atom is -0.383 e. The van der Waals surface area contributed by atoms with Crippen molar-refractivity contribution in [2.24, 2.45) is 23.5 Å². The number of primary amides is 1. The Morgan fingerprint density at radius 1 is 1.16 bits per heavy atom. The van der Waals surface area contributed by atoms with Gasteiger partial charge in [-0.15, -0.1) is 0 Å². The van der Waals surface area contributed by atoms with Crippen LogP contribution in [0.3, 0.4) is 0 Å². The van der Waals surface area contributed by atoms with Gasteiger partial charge in [0.05, 0.1) is 5.69 Å². The number of nitrogens with one attached hydrogen (secondary N) is 1. The summed E-state index contributed by atoms with van der Waals surface area (Å²) in [6.07, 6.45) is 6.64. The highest BCUT2D eigenvalue weighted by molar-refractivity contribution is 6.05. The smallest absolute Gasteiger partial charge is 0.252 e. The molecule has 1 unspecified atom stereocenters. The Morgan fingerprint density at radius 2 is 1.91 bits per heavy atom. The Labute approximate surface area is 185 Å². The van der Waals surface area contributed by atoms with Crippen LogP contribution in [0, 0.1) is 24.7 Å². The zero-order valence-corrected chi connectivity index (χ0v) is 17.9. The number of amides is 2. The van der Waals surface area contributed by atoms with E-state index in [-0.39, 0.29) is 17.7 Å². The second kappa shape index (κ2) is 7.40. The van der Waals surface area contributed by atoms with E-state index in [0.29, 0.717) is 29.0 Å². The molecule has 3 aromatic heterocycles. The monoisotopic (exact) mass is 428 g/mol. The maximum absolute atomic E-state index is 12.8. The fraction of sp³-hybridized carbons (Fsp3) is 0.292. The average Bonchev–Trinajstić information content (AvgIpc) is 3.28. The SMILES string of the molecule is CC(C(=O)Nc1cc2cc(-c3cnccc3C)nc(N)c2cn1)=C1C[C@@H]2C(C(N)=O)[C@@H]2C1. The van der Waals surface area contributed by atoms with Crippen LogP contribution in [0.15, 0.2) is 47.9 Å². The lowest BCUT2D eigenvalue weighted by Gasteiger charge is -2.12. The van der Waals surface area contributed by atoms with Gasteiger partial charge in [-0.3, -0.25) is 14.6 Å². The van der Waals surface area contributed by atoms with Gasteiger partial charge in [0.2, 0.25) is 5.91 Å². The Morgan fingerprint density at radius 3 is 2.59 bits per heavy atom. The molecule has 8 heteroatoms. The van der Waals surface area contributed by atoms with Crippen molar-refractivity contribution in [3.8, 4) is 11.3 Å². The fourth-order valence-electron chi connectivity index (χ4n) is 4.87. The number of nitrogens with zero attached hydrogens (tertiary/aromatic N) is 3. The molecule has 2 saturated carbocycles. The number of rotatable bonds is 4. The first-order valence-corrected chi connectivity index (χ1v) is 10.6.